The van der Waals surface area contributed by atoms with Crippen LogP contribution in [0.1, 0.15) is 59.8 Å². The van der Waals surface area contributed by atoms with Gasteiger partial charge >= 0.3 is 11.9 Å². The summed E-state index contributed by atoms with van der Waals surface area (Å²) >= 11 is 0. The molecule has 6 heteroatoms. The molecule has 7 atom stereocenters. The second kappa shape index (κ2) is 4.97. The van der Waals surface area contributed by atoms with Gasteiger partial charge in [0.1, 0.15) is 11.7 Å². The Hall–Kier alpha value is -1.14. The van der Waals surface area contributed by atoms with Gasteiger partial charge in [0.25, 0.3) is 0 Å². The molecule has 0 aromatic carbocycles. The molecule has 2 heterocycles. The van der Waals surface area contributed by atoms with Crippen LogP contribution in [0.15, 0.2) is 0 Å². The van der Waals surface area contributed by atoms with E-state index in [0.29, 0.717) is 25.9 Å². The minimum Gasteiger partial charge on any atom is -0.462 e. The molecule has 0 radical (unpaired) electrons. The van der Waals surface area contributed by atoms with E-state index in [-0.39, 0.29) is 36.3 Å². The number of aliphatic hydroxyl groups is 1. The van der Waals surface area contributed by atoms with Crippen LogP contribution >= 0.6 is 0 Å². The van der Waals surface area contributed by atoms with E-state index >= 15 is 0 Å². The summed E-state index contributed by atoms with van der Waals surface area (Å²) < 4.78 is 17.7. The van der Waals surface area contributed by atoms with Crippen molar-refractivity contribution in [3.8, 4) is 0 Å². The largest absolute Gasteiger partial charge is 0.462 e. The zero-order valence-electron chi connectivity index (χ0n) is 15.5. The number of hydrogen-bond acceptors (Lipinski definition) is 6. The fraction of sp³-hybridized carbons (Fsp3) is 0.895. The molecule has 2 bridgehead atoms. The molecule has 25 heavy (non-hydrogen) atoms. The summed E-state index contributed by atoms with van der Waals surface area (Å²) in [6, 6.07) is 0. The van der Waals surface area contributed by atoms with Gasteiger partial charge in [-0.2, -0.15) is 0 Å². The molecule has 0 unspecified atom stereocenters. The highest BCUT2D eigenvalue weighted by molar-refractivity contribution is 5.76. The van der Waals surface area contributed by atoms with Crippen molar-refractivity contribution in [1.82, 2.24) is 0 Å². The van der Waals surface area contributed by atoms with Gasteiger partial charge in [-0.1, -0.05) is 27.7 Å². The SMILES string of the molecule is CCCC(=O)O[C@H]1C[C@@]23OC(=O)C[C@@]2(C[C@]2(O)OC[C@@]3(C)[C@H]2C)[C@H]1C. The first-order valence-corrected chi connectivity index (χ1v) is 9.42. The van der Waals surface area contributed by atoms with Gasteiger partial charge < -0.3 is 19.3 Å². The summed E-state index contributed by atoms with van der Waals surface area (Å²) in [6.45, 7) is 8.34. The van der Waals surface area contributed by atoms with Crippen LogP contribution in [0.3, 0.4) is 0 Å². The van der Waals surface area contributed by atoms with Gasteiger partial charge in [0.2, 0.25) is 0 Å². The van der Waals surface area contributed by atoms with Crippen molar-refractivity contribution in [3.05, 3.63) is 0 Å². The van der Waals surface area contributed by atoms with Crippen molar-refractivity contribution in [2.45, 2.75) is 77.3 Å². The molecule has 1 N–H and O–H groups in total. The predicted molar refractivity (Wildman–Crippen MR) is 87.2 cm³/mol. The average Bonchev–Trinajstić information content (AvgIpc) is 3.00. The number of hydrogen-bond donors (Lipinski definition) is 1. The molecule has 4 fully saturated rings. The molecule has 2 aliphatic heterocycles. The lowest BCUT2D eigenvalue weighted by Crippen LogP contribution is -2.64. The third kappa shape index (κ3) is 1.82. The molecule has 6 nitrogen and oxygen atoms in total. The van der Waals surface area contributed by atoms with Crippen molar-refractivity contribution in [3.63, 3.8) is 0 Å². The topological polar surface area (TPSA) is 82.1 Å². The number of fused-ring (bicyclic) bond motifs is 2. The molecule has 2 saturated heterocycles. The van der Waals surface area contributed by atoms with Crippen LogP contribution in [0.2, 0.25) is 0 Å². The minimum absolute atomic E-state index is 0.0696. The van der Waals surface area contributed by atoms with Crippen molar-refractivity contribution in [2.24, 2.45) is 22.7 Å². The molecule has 0 aromatic heterocycles. The maximum absolute atomic E-state index is 12.4. The molecule has 0 aromatic rings. The molecule has 4 aliphatic rings. The lowest BCUT2D eigenvalue weighted by Gasteiger charge is -2.56. The molecule has 140 valence electrons. The third-order valence-corrected chi connectivity index (χ3v) is 7.95. The number of rotatable bonds is 3. The molecule has 2 aliphatic carbocycles. The minimum atomic E-state index is -1.25. The lowest BCUT2D eigenvalue weighted by molar-refractivity contribution is -0.257. The first-order valence-electron chi connectivity index (χ1n) is 9.42. The predicted octanol–water partition coefficient (Wildman–Crippen LogP) is 2.18. The Balaban J connectivity index is 1.77. The molecule has 2 saturated carbocycles. The van der Waals surface area contributed by atoms with E-state index in [1.165, 1.54) is 0 Å². The van der Waals surface area contributed by atoms with Gasteiger partial charge in [0.05, 0.1) is 13.0 Å². The van der Waals surface area contributed by atoms with E-state index in [4.69, 9.17) is 14.2 Å². The van der Waals surface area contributed by atoms with Gasteiger partial charge in [-0.3, -0.25) is 9.59 Å². The number of esters is 2. The maximum atomic E-state index is 12.4. The second-order valence-corrected chi connectivity index (χ2v) is 8.85. The Bertz CT molecular complexity index is 633. The van der Waals surface area contributed by atoms with Gasteiger partial charge in [0.15, 0.2) is 5.79 Å². The lowest BCUT2D eigenvalue weighted by atomic mass is 9.48. The summed E-state index contributed by atoms with van der Waals surface area (Å²) in [5.41, 5.74) is -1.78. The highest BCUT2D eigenvalue weighted by Crippen LogP contribution is 2.75. The van der Waals surface area contributed by atoms with Gasteiger partial charge in [-0.25, -0.2) is 0 Å². The quantitative estimate of drug-likeness (QED) is 0.784. The third-order valence-electron chi connectivity index (χ3n) is 7.95. The van der Waals surface area contributed by atoms with E-state index in [9.17, 15) is 14.7 Å². The van der Waals surface area contributed by atoms with Gasteiger partial charge in [-0.05, 0) is 6.42 Å². The smallest absolute Gasteiger partial charge is 0.307 e. The number of carbonyl (C=O) groups excluding carboxylic acids is 2. The van der Waals surface area contributed by atoms with Crippen LogP contribution in [0.4, 0.5) is 0 Å². The average molecular weight is 352 g/mol. The molecule has 4 rings (SSSR count). The normalized spacial score (nSPS) is 53.3. The van der Waals surface area contributed by atoms with Crippen LogP contribution in [0.25, 0.3) is 0 Å². The summed E-state index contributed by atoms with van der Waals surface area (Å²) in [4.78, 5) is 24.5. The Labute approximate surface area is 148 Å². The van der Waals surface area contributed by atoms with Crippen molar-refractivity contribution in [1.29, 1.82) is 0 Å². The van der Waals surface area contributed by atoms with E-state index in [1.54, 1.807) is 0 Å². The highest BCUT2D eigenvalue weighted by Gasteiger charge is 2.84. The first kappa shape index (κ1) is 17.3. The molecular formula is C19H28O6. The van der Waals surface area contributed by atoms with Crippen molar-refractivity contribution in [2.75, 3.05) is 6.61 Å². The molecule has 0 amide bonds. The Kier molecular flexibility index (Phi) is 3.44. The van der Waals surface area contributed by atoms with Crippen molar-refractivity contribution >= 4 is 11.9 Å². The zero-order valence-corrected chi connectivity index (χ0v) is 15.5. The zero-order chi connectivity index (χ0) is 18.3. The number of ether oxygens (including phenoxy) is 3. The summed E-state index contributed by atoms with van der Waals surface area (Å²) in [5, 5.41) is 11.1. The van der Waals surface area contributed by atoms with E-state index in [2.05, 4.69) is 0 Å². The van der Waals surface area contributed by atoms with Crippen LogP contribution in [-0.4, -0.2) is 41.1 Å². The van der Waals surface area contributed by atoms with Gasteiger partial charge in [-0.15, -0.1) is 0 Å². The monoisotopic (exact) mass is 352 g/mol. The van der Waals surface area contributed by atoms with Crippen LogP contribution in [-0.2, 0) is 23.8 Å². The molecule has 0 spiro atoms. The van der Waals surface area contributed by atoms with Gasteiger partial charge in [0, 0.05) is 41.9 Å². The second-order valence-electron chi connectivity index (χ2n) is 8.85. The fourth-order valence-corrected chi connectivity index (χ4v) is 6.33. The Morgan fingerprint density at radius 1 is 1.40 bits per heavy atom. The Morgan fingerprint density at radius 2 is 2.12 bits per heavy atom. The van der Waals surface area contributed by atoms with Crippen LogP contribution < -0.4 is 0 Å². The first-order chi connectivity index (χ1) is 11.6. The standard InChI is InChI=1S/C19H28O6/c1-5-6-14(20)24-13-7-19-16(4)10-23-18(22,12(16)3)9-17(19,11(13)2)8-15(21)25-19/h11-13,22H,5-10H2,1-4H3/t11-,12+,13-,16-,17+,18-,19-/m0/s1. The van der Waals surface area contributed by atoms with Crippen LogP contribution in [0, 0.1) is 22.7 Å². The highest BCUT2D eigenvalue weighted by atomic mass is 16.6. The van der Waals surface area contributed by atoms with E-state index < -0.39 is 22.2 Å². The van der Waals surface area contributed by atoms with E-state index in [1.807, 2.05) is 27.7 Å². The van der Waals surface area contributed by atoms with E-state index in [0.717, 1.165) is 6.42 Å². The molecular weight excluding hydrogens is 324 g/mol. The maximum Gasteiger partial charge on any atom is 0.307 e. The van der Waals surface area contributed by atoms with Crippen molar-refractivity contribution < 1.29 is 28.9 Å². The summed E-state index contributed by atoms with van der Waals surface area (Å²) in [5.74, 6) is -1.89. The summed E-state index contributed by atoms with van der Waals surface area (Å²) in [7, 11) is 0. The van der Waals surface area contributed by atoms with Crippen LogP contribution in [0.5, 0.6) is 0 Å². The summed E-state index contributed by atoms with van der Waals surface area (Å²) in [6.07, 6.45) is 1.95. The number of carbonyl (C=O) groups is 2. The fourth-order valence-electron chi connectivity index (χ4n) is 6.33. The Morgan fingerprint density at radius 3 is 2.80 bits per heavy atom.